The Bertz CT molecular complexity index is 573. The van der Waals surface area contributed by atoms with E-state index in [1.165, 1.54) is 6.26 Å². The highest BCUT2D eigenvalue weighted by atomic mass is 19.2. The van der Waals surface area contributed by atoms with Gasteiger partial charge in [0.1, 0.15) is 5.76 Å². The van der Waals surface area contributed by atoms with Crippen molar-refractivity contribution in [2.75, 3.05) is 0 Å². The normalized spacial score (nSPS) is 12.2. The molecule has 1 heterocycles. The van der Waals surface area contributed by atoms with Crippen LogP contribution in [0.4, 0.5) is 13.2 Å². The summed E-state index contributed by atoms with van der Waals surface area (Å²) < 4.78 is 43.8. The lowest BCUT2D eigenvalue weighted by atomic mass is 10.1. The molecule has 0 aliphatic carbocycles. The number of carbonyl (C=O) groups excluding carboxylic acids is 1. The zero-order chi connectivity index (χ0) is 14.0. The Balaban J connectivity index is 2.16. The molecule has 0 aliphatic heterocycles. The van der Waals surface area contributed by atoms with Gasteiger partial charge in [-0.2, -0.15) is 0 Å². The first-order valence-corrected chi connectivity index (χ1v) is 5.48. The van der Waals surface area contributed by atoms with Crippen LogP contribution in [0.2, 0.25) is 0 Å². The number of rotatable bonds is 3. The molecule has 1 amide bonds. The van der Waals surface area contributed by atoms with Crippen LogP contribution in [0, 0.1) is 17.5 Å². The van der Waals surface area contributed by atoms with Crippen LogP contribution in [-0.4, -0.2) is 5.91 Å². The van der Waals surface area contributed by atoms with Crippen molar-refractivity contribution in [1.82, 2.24) is 5.32 Å². The first-order chi connectivity index (χ1) is 8.99. The highest BCUT2D eigenvalue weighted by Crippen LogP contribution is 2.16. The summed E-state index contributed by atoms with van der Waals surface area (Å²) >= 11 is 0. The maximum absolute atomic E-state index is 13.0. The van der Waals surface area contributed by atoms with E-state index in [0.717, 1.165) is 0 Å². The molecule has 1 aromatic heterocycles. The molecule has 3 nitrogen and oxygen atoms in total. The molecule has 2 aromatic rings. The lowest BCUT2D eigenvalue weighted by Crippen LogP contribution is -2.26. The second kappa shape index (κ2) is 5.17. The van der Waals surface area contributed by atoms with E-state index in [-0.39, 0.29) is 5.56 Å². The minimum absolute atomic E-state index is 0.296. The van der Waals surface area contributed by atoms with Crippen LogP contribution in [0.3, 0.4) is 0 Å². The van der Waals surface area contributed by atoms with E-state index in [4.69, 9.17) is 4.42 Å². The van der Waals surface area contributed by atoms with Crippen LogP contribution in [0.5, 0.6) is 0 Å². The Morgan fingerprint density at radius 2 is 1.89 bits per heavy atom. The van der Waals surface area contributed by atoms with Gasteiger partial charge >= 0.3 is 0 Å². The van der Waals surface area contributed by atoms with Gasteiger partial charge in [-0.1, -0.05) is 0 Å². The molecule has 0 fully saturated rings. The molecule has 6 heteroatoms. The molecule has 1 unspecified atom stereocenters. The Hall–Kier alpha value is -2.24. The predicted octanol–water partition coefficient (Wildman–Crippen LogP) is 3.19. The number of carbonyl (C=O) groups is 1. The average molecular weight is 269 g/mol. The fraction of sp³-hybridized carbons (Fsp3) is 0.154. The van der Waals surface area contributed by atoms with E-state index in [1.54, 1.807) is 19.1 Å². The highest BCUT2D eigenvalue weighted by Gasteiger charge is 2.17. The van der Waals surface area contributed by atoms with Gasteiger partial charge in [0.05, 0.1) is 12.3 Å². The van der Waals surface area contributed by atoms with Gasteiger partial charge in [-0.25, -0.2) is 13.2 Å². The summed E-state index contributed by atoms with van der Waals surface area (Å²) in [5.41, 5.74) is -0.296. The molecular weight excluding hydrogens is 259 g/mol. The maximum atomic E-state index is 13.0. The topological polar surface area (TPSA) is 42.2 Å². The molecule has 19 heavy (non-hydrogen) atoms. The Morgan fingerprint density at radius 1 is 1.26 bits per heavy atom. The number of nitrogens with one attached hydrogen (secondary N) is 1. The minimum Gasteiger partial charge on any atom is -0.467 e. The van der Waals surface area contributed by atoms with E-state index in [1.807, 2.05) is 0 Å². The van der Waals surface area contributed by atoms with Gasteiger partial charge in [0.15, 0.2) is 17.5 Å². The molecule has 0 spiro atoms. The molecule has 1 N–H and O–H groups in total. The SMILES string of the molecule is CC(NC(=O)c1cc(F)c(F)c(F)c1)c1ccco1. The molecule has 0 aliphatic rings. The second-order valence-corrected chi connectivity index (χ2v) is 3.96. The zero-order valence-electron chi connectivity index (χ0n) is 9.91. The van der Waals surface area contributed by atoms with Crippen molar-refractivity contribution in [3.8, 4) is 0 Å². The lowest BCUT2D eigenvalue weighted by molar-refractivity contribution is 0.0934. The van der Waals surface area contributed by atoms with E-state index >= 15 is 0 Å². The summed E-state index contributed by atoms with van der Waals surface area (Å²) in [6.07, 6.45) is 1.44. The number of furan rings is 1. The molecule has 0 radical (unpaired) electrons. The number of benzene rings is 1. The van der Waals surface area contributed by atoms with Crippen molar-refractivity contribution < 1.29 is 22.4 Å². The second-order valence-electron chi connectivity index (χ2n) is 3.96. The van der Waals surface area contributed by atoms with E-state index in [0.29, 0.717) is 17.9 Å². The summed E-state index contributed by atoms with van der Waals surface area (Å²) in [7, 11) is 0. The molecule has 100 valence electrons. The summed E-state index contributed by atoms with van der Waals surface area (Å²) in [5, 5.41) is 2.48. The van der Waals surface area contributed by atoms with Gasteiger partial charge in [0.25, 0.3) is 5.91 Å². The van der Waals surface area contributed by atoms with Crippen molar-refractivity contribution in [2.45, 2.75) is 13.0 Å². The van der Waals surface area contributed by atoms with Crippen LogP contribution >= 0.6 is 0 Å². The van der Waals surface area contributed by atoms with Crippen molar-refractivity contribution >= 4 is 5.91 Å². The zero-order valence-corrected chi connectivity index (χ0v) is 9.91. The Labute approximate surface area is 107 Å². The molecular formula is C13H10F3NO2. The van der Waals surface area contributed by atoms with Gasteiger partial charge in [-0.3, -0.25) is 4.79 Å². The average Bonchev–Trinajstić information content (AvgIpc) is 2.89. The molecule has 0 saturated carbocycles. The Morgan fingerprint density at radius 3 is 2.42 bits per heavy atom. The Kier molecular flexibility index (Phi) is 3.59. The maximum Gasteiger partial charge on any atom is 0.252 e. The third kappa shape index (κ3) is 2.78. The monoisotopic (exact) mass is 269 g/mol. The first kappa shape index (κ1) is 13.2. The summed E-state index contributed by atoms with van der Waals surface area (Å²) in [6.45, 7) is 1.65. The molecule has 2 rings (SSSR count). The third-order valence-corrected chi connectivity index (χ3v) is 2.56. The smallest absolute Gasteiger partial charge is 0.252 e. The lowest BCUT2D eigenvalue weighted by Gasteiger charge is -2.11. The predicted molar refractivity (Wildman–Crippen MR) is 60.9 cm³/mol. The summed E-state index contributed by atoms with van der Waals surface area (Å²) in [4.78, 5) is 11.8. The van der Waals surface area contributed by atoms with Gasteiger partial charge in [0.2, 0.25) is 0 Å². The van der Waals surface area contributed by atoms with Crippen molar-refractivity contribution in [2.24, 2.45) is 0 Å². The van der Waals surface area contributed by atoms with Crippen LogP contribution in [-0.2, 0) is 0 Å². The summed E-state index contributed by atoms with van der Waals surface area (Å²) in [5.74, 6) is -4.64. The number of hydrogen-bond acceptors (Lipinski definition) is 2. The number of amides is 1. The number of hydrogen-bond donors (Lipinski definition) is 1. The van der Waals surface area contributed by atoms with Crippen LogP contribution < -0.4 is 5.32 Å². The van der Waals surface area contributed by atoms with Crippen molar-refractivity contribution in [3.63, 3.8) is 0 Å². The van der Waals surface area contributed by atoms with Crippen LogP contribution in [0.1, 0.15) is 29.1 Å². The van der Waals surface area contributed by atoms with Crippen LogP contribution in [0.25, 0.3) is 0 Å². The van der Waals surface area contributed by atoms with Crippen molar-refractivity contribution in [1.29, 1.82) is 0 Å². The van der Waals surface area contributed by atoms with Crippen molar-refractivity contribution in [3.05, 3.63) is 59.3 Å². The van der Waals surface area contributed by atoms with Gasteiger partial charge in [0, 0.05) is 5.56 Å². The largest absolute Gasteiger partial charge is 0.467 e. The fourth-order valence-electron chi connectivity index (χ4n) is 1.58. The van der Waals surface area contributed by atoms with Gasteiger partial charge < -0.3 is 9.73 Å². The minimum atomic E-state index is -1.60. The molecule has 1 atom stereocenters. The summed E-state index contributed by atoms with van der Waals surface area (Å²) in [6, 6.07) is 4.11. The molecule has 0 saturated heterocycles. The number of halogens is 3. The van der Waals surface area contributed by atoms with Gasteiger partial charge in [-0.05, 0) is 31.2 Å². The van der Waals surface area contributed by atoms with E-state index in [9.17, 15) is 18.0 Å². The van der Waals surface area contributed by atoms with Gasteiger partial charge in [-0.15, -0.1) is 0 Å². The van der Waals surface area contributed by atoms with E-state index in [2.05, 4.69) is 5.32 Å². The van der Waals surface area contributed by atoms with E-state index < -0.39 is 29.4 Å². The quantitative estimate of drug-likeness (QED) is 0.869. The molecule has 1 aromatic carbocycles. The standard InChI is InChI=1S/C13H10F3NO2/c1-7(11-3-2-4-19-11)17-13(18)8-5-9(14)12(16)10(15)6-8/h2-7H,1H3,(H,17,18). The molecule has 0 bridgehead atoms. The third-order valence-electron chi connectivity index (χ3n) is 2.56. The fourth-order valence-corrected chi connectivity index (χ4v) is 1.58. The highest BCUT2D eigenvalue weighted by molar-refractivity contribution is 5.94. The van der Waals surface area contributed by atoms with Crippen LogP contribution in [0.15, 0.2) is 34.9 Å². The first-order valence-electron chi connectivity index (χ1n) is 5.48.